The van der Waals surface area contributed by atoms with Crippen molar-refractivity contribution in [1.82, 2.24) is 20.1 Å². The van der Waals surface area contributed by atoms with Gasteiger partial charge in [-0.05, 0) is 79.7 Å². The van der Waals surface area contributed by atoms with Gasteiger partial charge in [0, 0.05) is 69.5 Å². The Morgan fingerprint density at radius 2 is 1.53 bits per heavy atom. The third-order valence-electron chi connectivity index (χ3n) is 11.9. The first-order valence-corrected chi connectivity index (χ1v) is 25.5. The van der Waals surface area contributed by atoms with Crippen LogP contribution in [0.15, 0.2) is 48.7 Å². The van der Waals surface area contributed by atoms with Crippen LogP contribution in [0.2, 0.25) is 0 Å². The summed E-state index contributed by atoms with van der Waals surface area (Å²) in [6, 6.07) is 9.33. The number of amides is 3. The van der Waals surface area contributed by atoms with Crippen molar-refractivity contribution in [2.24, 2.45) is 22.7 Å². The van der Waals surface area contributed by atoms with Gasteiger partial charge in [0.25, 0.3) is 5.91 Å². The van der Waals surface area contributed by atoms with Crippen molar-refractivity contribution in [3.63, 3.8) is 0 Å². The van der Waals surface area contributed by atoms with Gasteiger partial charge in [0.1, 0.15) is 12.1 Å². The first-order chi connectivity index (χ1) is 29.2. The highest BCUT2D eigenvalue weighted by molar-refractivity contribution is 8.14. The summed E-state index contributed by atoms with van der Waals surface area (Å²) < 4.78 is 58.2. The van der Waals surface area contributed by atoms with Crippen LogP contribution >= 0.6 is 42.5 Å². The maximum absolute atomic E-state index is 16.5. The molecule has 3 aliphatic heterocycles. The summed E-state index contributed by atoms with van der Waals surface area (Å²) >= 11 is 2.85. The molecule has 0 unspecified atom stereocenters. The summed E-state index contributed by atoms with van der Waals surface area (Å²) in [6.07, 6.45) is 5.28. The van der Waals surface area contributed by atoms with E-state index in [9.17, 15) is 28.5 Å². The summed E-state index contributed by atoms with van der Waals surface area (Å²) in [5.74, 6) is -0.0925. The summed E-state index contributed by atoms with van der Waals surface area (Å²) in [5, 5.41) is 2.87. The number of aromatic nitrogens is 1. The van der Waals surface area contributed by atoms with Crippen LogP contribution in [0.5, 0.6) is 0 Å². The first kappa shape index (κ1) is 46.8. The molecule has 5 heterocycles. The number of pyridine rings is 1. The highest BCUT2D eigenvalue weighted by atomic mass is 32.2. The number of thioether (sulfide) groups is 2. The molecule has 5 atom stereocenters. The van der Waals surface area contributed by atoms with Crippen LogP contribution in [-0.2, 0) is 38.5 Å². The number of hydrogen-bond acceptors (Lipinski definition) is 12. The van der Waals surface area contributed by atoms with Gasteiger partial charge in [0.15, 0.2) is 10.2 Å². The molecule has 62 heavy (non-hydrogen) atoms. The van der Waals surface area contributed by atoms with E-state index in [1.54, 1.807) is 57.5 Å². The summed E-state index contributed by atoms with van der Waals surface area (Å²) in [4.78, 5) is 75.2. The quantitative estimate of drug-likeness (QED) is 0.122. The zero-order valence-corrected chi connectivity index (χ0v) is 39.2. The van der Waals surface area contributed by atoms with E-state index in [2.05, 4.69) is 10.3 Å². The van der Waals surface area contributed by atoms with Crippen molar-refractivity contribution in [2.75, 3.05) is 37.8 Å². The van der Waals surface area contributed by atoms with Crippen LogP contribution in [-0.4, -0.2) is 98.7 Å². The van der Waals surface area contributed by atoms with Gasteiger partial charge in [-0.25, -0.2) is 0 Å². The number of thiophene rings is 1. The standard InChI is InChI=1S/C44H55F2N4O8PS3/c1-42(2,3)40(54)60-17-15-57-59(56,58-16-18-61-41(55)43(4,5)6)44(45,46)30-10-13-35-28(20-30)23-36(62-35)37(51)48-33-22-27-19-26(27)21-31-11-12-34(50(31)38(33)52)39(53)49-24-29(25-49)32-9-7-8-14-47-32/h7-10,13-14,20,23,26-27,29,31,33-34H,11-12,15-19,21-22,24-25H2,1-6H3,(H,48,51)/t26-,27+,31-,33+,34+/m1/s1. The lowest BCUT2D eigenvalue weighted by molar-refractivity contribution is -0.149. The number of halogens is 2. The van der Waals surface area contributed by atoms with E-state index < -0.39 is 60.9 Å². The van der Waals surface area contributed by atoms with E-state index in [0.717, 1.165) is 71.9 Å². The van der Waals surface area contributed by atoms with E-state index in [1.165, 1.54) is 12.1 Å². The van der Waals surface area contributed by atoms with Gasteiger partial charge in [0.2, 0.25) is 11.8 Å². The molecule has 1 saturated carbocycles. The average Bonchev–Trinajstić information content (AvgIpc) is 3.55. The lowest BCUT2D eigenvalue weighted by atomic mass is 9.94. The summed E-state index contributed by atoms with van der Waals surface area (Å²) in [6.45, 7) is 10.5. The van der Waals surface area contributed by atoms with Gasteiger partial charge in [-0.3, -0.25) is 33.5 Å². The number of rotatable bonds is 14. The Morgan fingerprint density at radius 1 is 0.887 bits per heavy atom. The van der Waals surface area contributed by atoms with E-state index in [0.29, 0.717) is 36.5 Å². The molecule has 18 heteroatoms. The van der Waals surface area contributed by atoms with Crippen LogP contribution in [0.1, 0.15) is 100 Å². The normalized spacial score (nSPS) is 23.3. The van der Waals surface area contributed by atoms with Gasteiger partial charge < -0.3 is 24.2 Å². The van der Waals surface area contributed by atoms with E-state index in [1.807, 2.05) is 18.2 Å². The van der Waals surface area contributed by atoms with Crippen LogP contribution in [0, 0.1) is 22.7 Å². The second kappa shape index (κ2) is 18.3. The minimum Gasteiger partial charge on any atom is -0.340 e. The maximum Gasteiger partial charge on any atom is 0.404 e. The zero-order valence-electron chi connectivity index (χ0n) is 35.9. The Labute approximate surface area is 373 Å². The number of carbonyl (C=O) groups is 5. The van der Waals surface area contributed by atoms with Gasteiger partial charge in [-0.15, -0.1) is 11.3 Å². The molecule has 1 N–H and O–H groups in total. The second-order valence-corrected chi connectivity index (χ2v) is 24.1. The number of benzene rings is 1. The van der Waals surface area contributed by atoms with Gasteiger partial charge >= 0.3 is 13.3 Å². The maximum atomic E-state index is 16.5. The molecule has 0 spiro atoms. The predicted octanol–water partition coefficient (Wildman–Crippen LogP) is 8.70. The van der Waals surface area contributed by atoms with Crippen LogP contribution in [0.3, 0.4) is 0 Å². The molecule has 0 bridgehead atoms. The molecular weight excluding hydrogens is 878 g/mol. The number of hydrogen-bond donors (Lipinski definition) is 1. The molecule has 0 radical (unpaired) electrons. The van der Waals surface area contributed by atoms with E-state index >= 15 is 8.78 Å². The molecule has 12 nitrogen and oxygen atoms in total. The Bertz CT molecular complexity index is 2200. The summed E-state index contributed by atoms with van der Waals surface area (Å²) in [5.41, 5.74) is -5.22. The Balaban J connectivity index is 1.04. The van der Waals surface area contributed by atoms with Crippen LogP contribution in [0.25, 0.3) is 10.1 Å². The molecule has 7 rings (SSSR count). The van der Waals surface area contributed by atoms with Crippen molar-refractivity contribution in [3.05, 3.63) is 64.8 Å². The largest absolute Gasteiger partial charge is 0.404 e. The number of fused-ring (bicyclic) bond motifs is 3. The zero-order chi connectivity index (χ0) is 44.8. The monoisotopic (exact) mass is 932 g/mol. The molecule has 3 amide bonds. The highest BCUT2D eigenvalue weighted by Gasteiger charge is 2.56. The lowest BCUT2D eigenvalue weighted by Crippen LogP contribution is -2.59. The molecule has 1 aliphatic carbocycles. The smallest absolute Gasteiger partial charge is 0.340 e. The van der Waals surface area contributed by atoms with Crippen LogP contribution < -0.4 is 5.32 Å². The molecular formula is C44H55F2N4O8PS3. The Hall–Kier alpha value is -3.21. The van der Waals surface area contributed by atoms with Gasteiger partial charge in [-0.1, -0.05) is 77.2 Å². The lowest BCUT2D eigenvalue weighted by Gasteiger charge is -2.43. The minimum absolute atomic E-state index is 0.0371. The highest BCUT2D eigenvalue weighted by Crippen LogP contribution is 2.67. The Kier molecular flexibility index (Phi) is 13.8. The number of alkyl halides is 2. The van der Waals surface area contributed by atoms with Crippen molar-refractivity contribution in [2.45, 2.75) is 103 Å². The number of nitrogens with zero attached hydrogens (tertiary/aromatic N) is 3. The van der Waals surface area contributed by atoms with Gasteiger partial charge in [0.05, 0.1) is 18.1 Å². The fraction of sp³-hybridized carbons (Fsp3) is 0.591. The Morgan fingerprint density at radius 3 is 2.15 bits per heavy atom. The molecule has 336 valence electrons. The fourth-order valence-corrected chi connectivity index (χ4v) is 12.5. The molecule has 2 aromatic heterocycles. The number of likely N-dealkylation sites (tertiary alicyclic amines) is 1. The second-order valence-electron chi connectivity index (χ2n) is 18.8. The van der Waals surface area contributed by atoms with E-state index in [4.69, 9.17) is 9.05 Å². The molecule has 4 aliphatic rings. The molecule has 4 fully saturated rings. The van der Waals surface area contributed by atoms with Crippen molar-refractivity contribution < 1.29 is 46.4 Å². The van der Waals surface area contributed by atoms with Crippen molar-refractivity contribution in [3.8, 4) is 0 Å². The van der Waals surface area contributed by atoms with Gasteiger partial charge in [-0.2, -0.15) is 8.78 Å². The topological polar surface area (TPSA) is 152 Å². The third kappa shape index (κ3) is 10.2. The van der Waals surface area contributed by atoms with Crippen molar-refractivity contribution >= 4 is 80.5 Å². The minimum atomic E-state index is -5.25. The summed E-state index contributed by atoms with van der Waals surface area (Å²) in [7, 11) is -5.25. The third-order valence-corrected chi connectivity index (χ3v) is 17.5. The predicted molar refractivity (Wildman–Crippen MR) is 238 cm³/mol. The average molecular weight is 933 g/mol. The fourth-order valence-electron chi connectivity index (χ4n) is 8.25. The molecule has 3 aromatic rings. The molecule has 1 aromatic carbocycles. The number of carbonyl (C=O) groups excluding carboxylic acids is 5. The first-order valence-electron chi connectivity index (χ1n) is 21.1. The number of nitrogens with one attached hydrogen (secondary N) is 1. The van der Waals surface area contributed by atoms with Crippen molar-refractivity contribution in [1.29, 1.82) is 0 Å². The SMILES string of the molecule is CC(C)(C)C(=O)SCCOP(=O)(OCCSC(=O)C(C)(C)C)C(F)(F)c1ccc2sc(C(=O)N[C@H]3C[C@@H]4C[C@@H]4C[C@H]4CC[C@@H](C(=O)N5CC(c6ccccn6)C5)N4C3=O)cc2c1. The molecule has 3 saturated heterocycles. The van der Waals surface area contributed by atoms with Crippen LogP contribution in [0.4, 0.5) is 8.78 Å². The van der Waals surface area contributed by atoms with E-state index in [-0.39, 0.29) is 61.7 Å².